The normalized spacial score (nSPS) is 15.6. The largest absolute Gasteiger partial charge is 0.367 e. The fraction of sp³-hybridized carbons (Fsp3) is 0.100. The van der Waals surface area contributed by atoms with Gasteiger partial charge in [-0.1, -0.05) is 30.3 Å². The molecule has 1 heterocycles. The molecule has 1 aliphatic rings. The van der Waals surface area contributed by atoms with Crippen LogP contribution < -0.4 is 0 Å². The highest BCUT2D eigenvalue weighted by atomic mass is 16.2. The van der Waals surface area contributed by atoms with Gasteiger partial charge in [-0.3, -0.25) is 0 Å². The molecule has 0 N–H and O–H groups in total. The molecule has 3 nitrogen and oxygen atoms in total. The predicted octanol–water partition coefficient (Wildman–Crippen LogP) is 2.07. The highest BCUT2D eigenvalue weighted by Gasteiger charge is 2.15. The van der Waals surface area contributed by atoms with Crippen molar-refractivity contribution in [2.75, 3.05) is 0 Å². The second kappa shape index (κ2) is 2.94. The highest BCUT2D eigenvalue weighted by molar-refractivity contribution is 6.52. The Hall–Kier alpha value is -1.77. The van der Waals surface area contributed by atoms with Gasteiger partial charge in [0.05, 0.1) is 11.4 Å². The molecular weight excluding hydrogens is 164 g/mol. The van der Waals surface area contributed by atoms with E-state index in [1.54, 1.807) is 6.92 Å². The van der Waals surface area contributed by atoms with Gasteiger partial charge in [-0.25, -0.2) is 4.79 Å². The molecule has 2 rings (SSSR count). The number of urea groups is 1. The zero-order valence-corrected chi connectivity index (χ0v) is 7.19. The second-order valence-electron chi connectivity index (χ2n) is 2.81. The van der Waals surface area contributed by atoms with E-state index in [4.69, 9.17) is 0 Å². The molecule has 0 radical (unpaired) electrons. The first-order chi connectivity index (χ1) is 6.27. The molecule has 1 aromatic rings. The molecule has 3 heteroatoms. The first kappa shape index (κ1) is 7.86. The van der Waals surface area contributed by atoms with E-state index >= 15 is 0 Å². The number of hydrogen-bond donors (Lipinski definition) is 0. The average molecular weight is 172 g/mol. The van der Waals surface area contributed by atoms with Gasteiger partial charge in [0.25, 0.3) is 0 Å². The quantitative estimate of drug-likeness (QED) is 0.639. The number of carbonyl (C=O) groups excluding carboxylic acids is 1. The van der Waals surface area contributed by atoms with Crippen LogP contribution in [0.4, 0.5) is 4.79 Å². The first-order valence-corrected chi connectivity index (χ1v) is 4.01. The minimum absolute atomic E-state index is 0.406. The Morgan fingerprint density at radius 1 is 1.08 bits per heavy atom. The Labute approximate surface area is 75.8 Å². The third-order valence-electron chi connectivity index (χ3n) is 1.86. The third kappa shape index (κ3) is 1.40. The third-order valence-corrected chi connectivity index (χ3v) is 1.86. The molecule has 0 atom stereocenters. The van der Waals surface area contributed by atoms with Crippen molar-refractivity contribution in [1.82, 2.24) is 0 Å². The van der Waals surface area contributed by atoms with Crippen LogP contribution in [0.2, 0.25) is 0 Å². The maximum Gasteiger partial charge on any atom is 0.367 e. The van der Waals surface area contributed by atoms with Crippen LogP contribution in [0.5, 0.6) is 0 Å². The van der Waals surface area contributed by atoms with E-state index in [1.807, 2.05) is 30.3 Å². The van der Waals surface area contributed by atoms with Gasteiger partial charge in [0.2, 0.25) is 0 Å². The molecule has 0 aromatic heterocycles. The minimum Gasteiger partial charge on any atom is -0.244 e. The summed E-state index contributed by atoms with van der Waals surface area (Å²) in [5.74, 6) is 0. The van der Waals surface area contributed by atoms with Gasteiger partial charge in [0, 0.05) is 5.56 Å². The Morgan fingerprint density at radius 2 is 1.77 bits per heavy atom. The summed E-state index contributed by atoms with van der Waals surface area (Å²) in [6.45, 7) is 1.79. The van der Waals surface area contributed by atoms with Crippen LogP contribution in [0.15, 0.2) is 40.3 Å². The number of benzene rings is 1. The molecule has 0 saturated carbocycles. The van der Waals surface area contributed by atoms with Crippen molar-refractivity contribution in [3.8, 4) is 0 Å². The number of nitrogens with zero attached hydrogens (tertiary/aromatic N) is 2. The number of rotatable bonds is 1. The Kier molecular flexibility index (Phi) is 1.77. The number of amides is 2. The highest BCUT2D eigenvalue weighted by Crippen LogP contribution is 2.08. The summed E-state index contributed by atoms with van der Waals surface area (Å²) in [4.78, 5) is 18.4. The molecule has 1 aromatic carbocycles. The zero-order chi connectivity index (χ0) is 9.26. The molecule has 0 spiro atoms. The van der Waals surface area contributed by atoms with Crippen LogP contribution in [-0.2, 0) is 0 Å². The average Bonchev–Trinajstić information content (AvgIpc) is 2.47. The molecule has 0 unspecified atom stereocenters. The van der Waals surface area contributed by atoms with Crippen LogP contribution >= 0.6 is 0 Å². The lowest BCUT2D eigenvalue weighted by Gasteiger charge is -1.98. The Morgan fingerprint density at radius 3 is 2.31 bits per heavy atom. The Balaban J connectivity index is 2.45. The monoisotopic (exact) mass is 172 g/mol. The van der Waals surface area contributed by atoms with E-state index in [9.17, 15) is 4.79 Å². The van der Waals surface area contributed by atoms with E-state index in [-0.39, 0.29) is 0 Å². The van der Waals surface area contributed by atoms with Crippen LogP contribution in [0.1, 0.15) is 12.5 Å². The first-order valence-electron chi connectivity index (χ1n) is 4.01. The lowest BCUT2D eigenvalue weighted by molar-refractivity contribution is 0.257. The van der Waals surface area contributed by atoms with Crippen molar-refractivity contribution in [1.29, 1.82) is 0 Å². The van der Waals surface area contributed by atoms with E-state index in [0.717, 1.165) is 5.56 Å². The predicted molar refractivity (Wildman–Crippen MR) is 51.5 cm³/mol. The second-order valence-corrected chi connectivity index (χ2v) is 2.81. The minimum atomic E-state index is -0.406. The fourth-order valence-corrected chi connectivity index (χ4v) is 1.27. The van der Waals surface area contributed by atoms with Gasteiger partial charge in [-0.15, -0.1) is 0 Å². The molecule has 13 heavy (non-hydrogen) atoms. The summed E-state index contributed by atoms with van der Waals surface area (Å²) in [6.07, 6.45) is 0. The molecule has 0 saturated heterocycles. The molecule has 0 fully saturated rings. The van der Waals surface area contributed by atoms with Crippen molar-refractivity contribution in [3.63, 3.8) is 0 Å². The van der Waals surface area contributed by atoms with Gasteiger partial charge in [0.1, 0.15) is 0 Å². The van der Waals surface area contributed by atoms with E-state index in [1.165, 1.54) is 0 Å². The Bertz CT molecular complexity index is 404. The van der Waals surface area contributed by atoms with Crippen LogP contribution in [0, 0.1) is 0 Å². The lowest BCUT2D eigenvalue weighted by atomic mass is 10.1. The number of carbonyl (C=O) groups is 1. The van der Waals surface area contributed by atoms with Gasteiger partial charge < -0.3 is 0 Å². The zero-order valence-electron chi connectivity index (χ0n) is 7.19. The standard InChI is InChI=1S/C10H8N2O/c1-7-9(12-10(13)11-7)8-5-3-2-4-6-8/h2-6H,1H3. The van der Waals surface area contributed by atoms with E-state index in [0.29, 0.717) is 11.4 Å². The van der Waals surface area contributed by atoms with Gasteiger partial charge in [-0.05, 0) is 6.92 Å². The smallest absolute Gasteiger partial charge is 0.244 e. The van der Waals surface area contributed by atoms with Crippen LogP contribution in [0.3, 0.4) is 0 Å². The maximum atomic E-state index is 10.9. The maximum absolute atomic E-state index is 10.9. The number of aliphatic imine (C=N–C) groups is 2. The molecule has 0 bridgehead atoms. The van der Waals surface area contributed by atoms with Gasteiger partial charge in [-0.2, -0.15) is 9.98 Å². The van der Waals surface area contributed by atoms with E-state index < -0.39 is 6.03 Å². The molecule has 2 amide bonds. The van der Waals surface area contributed by atoms with E-state index in [2.05, 4.69) is 9.98 Å². The van der Waals surface area contributed by atoms with Crippen molar-refractivity contribution >= 4 is 17.5 Å². The van der Waals surface area contributed by atoms with Crippen molar-refractivity contribution in [3.05, 3.63) is 35.9 Å². The summed E-state index contributed by atoms with van der Waals surface area (Å²) < 4.78 is 0. The summed E-state index contributed by atoms with van der Waals surface area (Å²) in [6, 6.07) is 9.17. The molecular formula is C10H8N2O. The van der Waals surface area contributed by atoms with Crippen molar-refractivity contribution in [2.24, 2.45) is 9.98 Å². The molecule has 64 valence electrons. The van der Waals surface area contributed by atoms with Gasteiger partial charge in [0.15, 0.2) is 0 Å². The summed E-state index contributed by atoms with van der Waals surface area (Å²) >= 11 is 0. The van der Waals surface area contributed by atoms with Crippen LogP contribution in [-0.4, -0.2) is 17.5 Å². The summed E-state index contributed by atoms with van der Waals surface area (Å²) in [5.41, 5.74) is 2.32. The topological polar surface area (TPSA) is 41.8 Å². The van der Waals surface area contributed by atoms with Crippen LogP contribution in [0.25, 0.3) is 0 Å². The molecule has 1 aliphatic heterocycles. The lowest BCUT2D eigenvalue weighted by Crippen LogP contribution is -2.07. The van der Waals surface area contributed by atoms with Gasteiger partial charge >= 0.3 is 6.03 Å². The molecule has 0 aliphatic carbocycles. The van der Waals surface area contributed by atoms with Crippen molar-refractivity contribution < 1.29 is 4.79 Å². The summed E-state index contributed by atoms with van der Waals surface area (Å²) in [5, 5.41) is 0. The fourth-order valence-electron chi connectivity index (χ4n) is 1.27. The summed E-state index contributed by atoms with van der Waals surface area (Å²) in [7, 11) is 0. The number of hydrogen-bond acceptors (Lipinski definition) is 1. The SMILES string of the molecule is CC1=NC(=O)N=C1c1ccccc1. The van der Waals surface area contributed by atoms with Crippen molar-refractivity contribution in [2.45, 2.75) is 6.92 Å².